The SMILES string of the molecule is Fc1cc(Br)ccc1-c1csc(Cl)n1. The molecule has 0 aliphatic rings. The predicted molar refractivity (Wildman–Crippen MR) is 60.2 cm³/mol. The summed E-state index contributed by atoms with van der Waals surface area (Å²) in [5.41, 5.74) is 1.04. The number of rotatable bonds is 1. The topological polar surface area (TPSA) is 12.9 Å². The second-order valence-electron chi connectivity index (χ2n) is 2.61. The molecule has 0 saturated heterocycles. The zero-order valence-electron chi connectivity index (χ0n) is 6.80. The molecule has 72 valence electrons. The minimum atomic E-state index is -0.304. The van der Waals surface area contributed by atoms with Gasteiger partial charge in [0.15, 0.2) is 4.47 Å². The molecule has 1 nitrogen and oxygen atoms in total. The Morgan fingerprint density at radius 3 is 2.79 bits per heavy atom. The average Bonchev–Trinajstić information content (AvgIpc) is 2.51. The Balaban J connectivity index is 2.52. The van der Waals surface area contributed by atoms with Crippen LogP contribution in [0.3, 0.4) is 0 Å². The summed E-state index contributed by atoms with van der Waals surface area (Å²) in [6, 6.07) is 4.85. The molecule has 1 heterocycles. The van der Waals surface area contributed by atoms with E-state index in [4.69, 9.17) is 11.6 Å². The highest BCUT2D eigenvalue weighted by Gasteiger charge is 2.08. The molecular weight excluding hydrogens is 289 g/mol. The molecule has 1 aromatic heterocycles. The lowest BCUT2D eigenvalue weighted by atomic mass is 10.2. The lowest BCUT2D eigenvalue weighted by Gasteiger charge is -1.98. The largest absolute Gasteiger partial charge is 0.225 e. The van der Waals surface area contributed by atoms with Gasteiger partial charge in [-0.25, -0.2) is 9.37 Å². The average molecular weight is 293 g/mol. The van der Waals surface area contributed by atoms with Gasteiger partial charge in [0.1, 0.15) is 5.82 Å². The zero-order valence-corrected chi connectivity index (χ0v) is 9.96. The van der Waals surface area contributed by atoms with E-state index in [1.807, 2.05) is 0 Å². The van der Waals surface area contributed by atoms with Crippen molar-refractivity contribution in [2.24, 2.45) is 0 Å². The molecule has 0 amide bonds. The second-order valence-corrected chi connectivity index (χ2v) is 4.97. The Kier molecular flexibility index (Phi) is 2.85. The van der Waals surface area contributed by atoms with Crippen LogP contribution in [0.1, 0.15) is 0 Å². The number of nitrogens with zero attached hydrogens (tertiary/aromatic N) is 1. The summed E-state index contributed by atoms with van der Waals surface area (Å²) in [5, 5.41) is 1.73. The van der Waals surface area contributed by atoms with Gasteiger partial charge >= 0.3 is 0 Å². The smallest absolute Gasteiger partial charge is 0.184 e. The van der Waals surface area contributed by atoms with Gasteiger partial charge in [-0.1, -0.05) is 27.5 Å². The molecule has 0 bridgehead atoms. The van der Waals surface area contributed by atoms with E-state index in [-0.39, 0.29) is 5.82 Å². The van der Waals surface area contributed by atoms with Crippen LogP contribution in [0, 0.1) is 5.82 Å². The fourth-order valence-corrected chi connectivity index (χ4v) is 2.17. The number of hydrogen-bond acceptors (Lipinski definition) is 2. The van der Waals surface area contributed by atoms with E-state index in [2.05, 4.69) is 20.9 Å². The first kappa shape index (κ1) is 10.1. The molecule has 2 aromatic rings. The van der Waals surface area contributed by atoms with Gasteiger partial charge in [-0.05, 0) is 18.2 Å². The van der Waals surface area contributed by atoms with Gasteiger partial charge in [0, 0.05) is 15.4 Å². The van der Waals surface area contributed by atoms with Crippen molar-refractivity contribution in [1.82, 2.24) is 4.98 Å². The number of benzene rings is 1. The van der Waals surface area contributed by atoms with Crippen molar-refractivity contribution in [1.29, 1.82) is 0 Å². The van der Waals surface area contributed by atoms with Crippen LogP contribution in [0.2, 0.25) is 4.47 Å². The molecule has 0 spiro atoms. The van der Waals surface area contributed by atoms with Crippen molar-refractivity contribution < 1.29 is 4.39 Å². The summed E-state index contributed by atoms with van der Waals surface area (Å²) in [6.07, 6.45) is 0. The van der Waals surface area contributed by atoms with Crippen LogP contribution in [0.5, 0.6) is 0 Å². The van der Waals surface area contributed by atoms with Crippen LogP contribution < -0.4 is 0 Å². The van der Waals surface area contributed by atoms with Crippen molar-refractivity contribution in [3.05, 3.63) is 38.3 Å². The first-order valence-corrected chi connectivity index (χ1v) is 5.78. The summed E-state index contributed by atoms with van der Waals surface area (Å²) in [4.78, 5) is 4.00. The Morgan fingerprint density at radius 2 is 2.21 bits per heavy atom. The van der Waals surface area contributed by atoms with Crippen molar-refractivity contribution in [2.75, 3.05) is 0 Å². The highest BCUT2D eigenvalue weighted by Crippen LogP contribution is 2.28. The summed E-state index contributed by atoms with van der Waals surface area (Å²) in [5.74, 6) is -0.304. The molecule has 0 aliphatic heterocycles. The van der Waals surface area contributed by atoms with Crippen molar-refractivity contribution in [3.63, 3.8) is 0 Å². The lowest BCUT2D eigenvalue weighted by Crippen LogP contribution is -1.83. The van der Waals surface area contributed by atoms with Gasteiger partial charge in [-0.3, -0.25) is 0 Å². The molecule has 0 aliphatic carbocycles. The molecule has 0 atom stereocenters. The molecule has 2 rings (SSSR count). The molecular formula is C9H4BrClFNS. The molecule has 0 unspecified atom stereocenters. The minimum Gasteiger partial charge on any atom is -0.225 e. The normalized spacial score (nSPS) is 10.5. The van der Waals surface area contributed by atoms with E-state index in [9.17, 15) is 4.39 Å². The lowest BCUT2D eigenvalue weighted by molar-refractivity contribution is 0.630. The van der Waals surface area contributed by atoms with Gasteiger partial charge in [0.25, 0.3) is 0 Å². The quantitative estimate of drug-likeness (QED) is 0.761. The first-order chi connectivity index (χ1) is 6.66. The Morgan fingerprint density at radius 1 is 1.43 bits per heavy atom. The maximum absolute atomic E-state index is 13.4. The van der Waals surface area contributed by atoms with Crippen molar-refractivity contribution in [2.45, 2.75) is 0 Å². The fraction of sp³-hybridized carbons (Fsp3) is 0. The number of aromatic nitrogens is 1. The Labute approximate surface area is 97.7 Å². The van der Waals surface area contributed by atoms with Gasteiger partial charge in [-0.2, -0.15) is 0 Å². The van der Waals surface area contributed by atoms with Crippen LogP contribution in [-0.4, -0.2) is 4.98 Å². The van der Waals surface area contributed by atoms with Crippen LogP contribution in [-0.2, 0) is 0 Å². The number of thiazole rings is 1. The van der Waals surface area contributed by atoms with Crippen LogP contribution in [0.4, 0.5) is 4.39 Å². The third kappa shape index (κ3) is 1.97. The summed E-state index contributed by atoms with van der Waals surface area (Å²) < 4.78 is 14.6. The van der Waals surface area contributed by atoms with E-state index < -0.39 is 0 Å². The van der Waals surface area contributed by atoms with E-state index in [1.54, 1.807) is 17.5 Å². The minimum absolute atomic E-state index is 0.304. The first-order valence-electron chi connectivity index (χ1n) is 3.73. The van der Waals surface area contributed by atoms with E-state index in [0.717, 1.165) is 0 Å². The van der Waals surface area contributed by atoms with E-state index in [0.29, 0.717) is 20.2 Å². The Hall–Kier alpha value is -0.450. The van der Waals surface area contributed by atoms with Crippen LogP contribution in [0.25, 0.3) is 11.3 Å². The maximum Gasteiger partial charge on any atom is 0.184 e. The molecule has 0 fully saturated rings. The monoisotopic (exact) mass is 291 g/mol. The fourth-order valence-electron chi connectivity index (χ4n) is 1.07. The van der Waals surface area contributed by atoms with Gasteiger partial charge in [0.05, 0.1) is 5.69 Å². The van der Waals surface area contributed by atoms with Crippen molar-refractivity contribution >= 4 is 38.9 Å². The highest BCUT2D eigenvalue weighted by atomic mass is 79.9. The van der Waals surface area contributed by atoms with E-state index in [1.165, 1.54) is 17.4 Å². The zero-order chi connectivity index (χ0) is 10.1. The van der Waals surface area contributed by atoms with Gasteiger partial charge in [0.2, 0.25) is 0 Å². The van der Waals surface area contributed by atoms with Crippen molar-refractivity contribution in [3.8, 4) is 11.3 Å². The third-order valence-electron chi connectivity index (χ3n) is 1.68. The molecule has 0 N–H and O–H groups in total. The van der Waals surface area contributed by atoms with Gasteiger partial charge < -0.3 is 0 Å². The summed E-state index contributed by atoms with van der Waals surface area (Å²) >= 11 is 10.1. The highest BCUT2D eigenvalue weighted by molar-refractivity contribution is 9.10. The molecule has 14 heavy (non-hydrogen) atoms. The summed E-state index contributed by atoms with van der Waals surface area (Å²) in [7, 11) is 0. The number of halogens is 3. The predicted octanol–water partition coefficient (Wildman–Crippen LogP) is 4.37. The van der Waals surface area contributed by atoms with Crippen LogP contribution >= 0.6 is 38.9 Å². The standard InChI is InChI=1S/C9H4BrClFNS/c10-5-1-2-6(7(12)3-5)8-4-14-9(11)13-8/h1-4H. The van der Waals surface area contributed by atoms with E-state index >= 15 is 0 Å². The summed E-state index contributed by atoms with van der Waals surface area (Å²) in [6.45, 7) is 0. The maximum atomic E-state index is 13.4. The second kappa shape index (κ2) is 3.96. The third-order valence-corrected chi connectivity index (χ3v) is 3.16. The molecule has 5 heteroatoms. The molecule has 0 saturated carbocycles. The number of hydrogen-bond donors (Lipinski definition) is 0. The Bertz CT molecular complexity index is 472. The van der Waals surface area contributed by atoms with Crippen LogP contribution in [0.15, 0.2) is 28.1 Å². The molecule has 1 aromatic carbocycles. The molecule has 0 radical (unpaired) electrons. The van der Waals surface area contributed by atoms with Gasteiger partial charge in [-0.15, -0.1) is 11.3 Å².